The number of amides is 1. The van der Waals surface area contributed by atoms with E-state index in [2.05, 4.69) is 10.0 Å². The maximum Gasteiger partial charge on any atom is 0.262 e. The molecule has 166 valence electrons. The van der Waals surface area contributed by atoms with Gasteiger partial charge in [0, 0.05) is 17.4 Å². The quantitative estimate of drug-likeness (QED) is 0.566. The molecule has 3 aromatic rings. The van der Waals surface area contributed by atoms with Gasteiger partial charge in [0.25, 0.3) is 15.9 Å². The highest BCUT2D eigenvalue weighted by Gasteiger charge is 2.17. The number of sulfonamides is 1. The Bertz CT molecular complexity index is 1230. The van der Waals surface area contributed by atoms with E-state index in [0.717, 1.165) is 0 Å². The number of carbonyl (C=O) groups is 1. The first-order valence-electron chi connectivity index (χ1n) is 9.91. The molecule has 1 amide bonds. The van der Waals surface area contributed by atoms with Crippen LogP contribution in [0.2, 0.25) is 0 Å². The van der Waals surface area contributed by atoms with Crippen molar-refractivity contribution in [1.82, 2.24) is 0 Å². The second-order valence-electron chi connectivity index (χ2n) is 7.09. The molecule has 0 spiro atoms. The second-order valence-corrected chi connectivity index (χ2v) is 8.78. The van der Waals surface area contributed by atoms with Crippen molar-refractivity contribution in [2.45, 2.75) is 11.8 Å². The van der Waals surface area contributed by atoms with Gasteiger partial charge < -0.3 is 19.5 Å². The third-order valence-corrected chi connectivity index (χ3v) is 6.05. The minimum atomic E-state index is -3.74. The molecule has 0 aliphatic carbocycles. The average Bonchev–Trinajstić information content (AvgIpc) is 2.78. The zero-order valence-corrected chi connectivity index (χ0v) is 18.1. The zero-order chi connectivity index (χ0) is 22.6. The van der Waals surface area contributed by atoms with Crippen LogP contribution in [0.1, 0.15) is 5.56 Å². The van der Waals surface area contributed by atoms with E-state index in [4.69, 9.17) is 14.2 Å². The summed E-state index contributed by atoms with van der Waals surface area (Å²) in [5.74, 6) is 1.27. The number of carbonyl (C=O) groups excluding carboxylic acids is 1. The molecule has 1 aliphatic rings. The van der Waals surface area contributed by atoms with Gasteiger partial charge in [-0.15, -0.1) is 0 Å². The fourth-order valence-corrected chi connectivity index (χ4v) is 4.28. The molecule has 0 bridgehead atoms. The molecule has 1 heterocycles. The average molecular weight is 455 g/mol. The van der Waals surface area contributed by atoms with Crippen molar-refractivity contribution in [3.63, 3.8) is 0 Å². The number of ether oxygens (including phenoxy) is 3. The van der Waals surface area contributed by atoms with Crippen molar-refractivity contribution in [3.05, 3.63) is 72.3 Å². The summed E-state index contributed by atoms with van der Waals surface area (Å²) in [5.41, 5.74) is 1.63. The maximum atomic E-state index is 12.6. The summed E-state index contributed by atoms with van der Waals surface area (Å²) >= 11 is 0. The lowest BCUT2D eigenvalue weighted by molar-refractivity contribution is -0.118. The molecule has 0 radical (unpaired) electrons. The number of hydrogen-bond acceptors (Lipinski definition) is 6. The molecule has 0 saturated carbocycles. The predicted octanol–water partition coefficient (Wildman–Crippen LogP) is 3.58. The van der Waals surface area contributed by atoms with Crippen LogP contribution in [0.3, 0.4) is 0 Å². The molecule has 0 unspecified atom stereocenters. The van der Waals surface area contributed by atoms with Crippen LogP contribution in [0.15, 0.2) is 71.6 Å². The van der Waals surface area contributed by atoms with Crippen LogP contribution >= 0.6 is 0 Å². The van der Waals surface area contributed by atoms with Gasteiger partial charge in [0.2, 0.25) is 0 Å². The van der Waals surface area contributed by atoms with Gasteiger partial charge in [-0.2, -0.15) is 0 Å². The predicted molar refractivity (Wildman–Crippen MR) is 120 cm³/mol. The van der Waals surface area contributed by atoms with Gasteiger partial charge in [-0.25, -0.2) is 8.42 Å². The molecule has 0 aromatic heterocycles. The Labute approximate surface area is 186 Å². The number of anilines is 2. The summed E-state index contributed by atoms with van der Waals surface area (Å²) in [7, 11) is -3.74. The standard InChI is InChI=1S/C23H22N2O6S/c1-16-13-19(32(27,28)25-17-5-3-2-4-6-17)8-10-20(16)31-15-23(26)24-18-7-9-21-22(14-18)30-12-11-29-21/h2-10,13-14,25H,11-12,15H2,1H3,(H,24,26). The Balaban J connectivity index is 1.37. The Hall–Kier alpha value is -3.72. The number of hydrogen-bond donors (Lipinski definition) is 2. The molecule has 4 rings (SSSR count). The van der Waals surface area contributed by atoms with Crippen LogP contribution in [0, 0.1) is 6.92 Å². The summed E-state index contributed by atoms with van der Waals surface area (Å²) in [5, 5.41) is 2.74. The third-order valence-electron chi connectivity index (χ3n) is 4.67. The zero-order valence-electron chi connectivity index (χ0n) is 17.3. The monoisotopic (exact) mass is 454 g/mol. The molecule has 0 fully saturated rings. The lowest BCUT2D eigenvalue weighted by atomic mass is 10.2. The van der Waals surface area contributed by atoms with Gasteiger partial charge in [-0.1, -0.05) is 18.2 Å². The van der Waals surface area contributed by atoms with Crippen molar-refractivity contribution in [2.75, 3.05) is 29.9 Å². The van der Waals surface area contributed by atoms with Crippen molar-refractivity contribution < 1.29 is 27.4 Å². The molecule has 3 aromatic carbocycles. The van der Waals surface area contributed by atoms with Crippen molar-refractivity contribution in [1.29, 1.82) is 0 Å². The molecule has 0 atom stereocenters. The highest BCUT2D eigenvalue weighted by atomic mass is 32.2. The van der Waals surface area contributed by atoms with E-state index in [0.29, 0.717) is 47.4 Å². The SMILES string of the molecule is Cc1cc(S(=O)(=O)Nc2ccccc2)ccc1OCC(=O)Nc1ccc2c(c1)OCCO2. The first-order valence-corrected chi connectivity index (χ1v) is 11.4. The molecule has 32 heavy (non-hydrogen) atoms. The highest BCUT2D eigenvalue weighted by molar-refractivity contribution is 7.92. The normalized spacial score (nSPS) is 12.7. The van der Waals surface area contributed by atoms with Crippen molar-refractivity contribution >= 4 is 27.3 Å². The van der Waals surface area contributed by atoms with Gasteiger partial charge in [-0.05, 0) is 55.0 Å². The first kappa shape index (κ1) is 21.5. The molecule has 1 aliphatic heterocycles. The van der Waals surface area contributed by atoms with Crippen LogP contribution in [-0.4, -0.2) is 34.1 Å². The summed E-state index contributed by atoms with van der Waals surface area (Å²) in [6.07, 6.45) is 0. The summed E-state index contributed by atoms with van der Waals surface area (Å²) in [4.78, 5) is 12.4. The van der Waals surface area contributed by atoms with Crippen LogP contribution in [0.4, 0.5) is 11.4 Å². The highest BCUT2D eigenvalue weighted by Crippen LogP contribution is 2.32. The van der Waals surface area contributed by atoms with E-state index in [1.807, 2.05) is 0 Å². The van der Waals surface area contributed by atoms with Crippen LogP contribution in [0.5, 0.6) is 17.2 Å². The number of nitrogens with one attached hydrogen (secondary N) is 2. The van der Waals surface area contributed by atoms with E-state index in [1.54, 1.807) is 55.5 Å². The van der Waals surface area contributed by atoms with E-state index in [1.165, 1.54) is 18.2 Å². The summed E-state index contributed by atoms with van der Waals surface area (Å²) < 4.78 is 44.3. The van der Waals surface area contributed by atoms with Crippen LogP contribution in [0.25, 0.3) is 0 Å². The Morgan fingerprint density at radius 1 is 0.938 bits per heavy atom. The molecule has 0 saturated heterocycles. The molecule has 9 heteroatoms. The number of fused-ring (bicyclic) bond motifs is 1. The molecular formula is C23H22N2O6S. The molecular weight excluding hydrogens is 432 g/mol. The van der Waals surface area contributed by atoms with Gasteiger partial charge in [-0.3, -0.25) is 9.52 Å². The van der Waals surface area contributed by atoms with Gasteiger partial charge in [0.1, 0.15) is 19.0 Å². The Morgan fingerprint density at radius 3 is 2.44 bits per heavy atom. The topological polar surface area (TPSA) is 103 Å². The lowest BCUT2D eigenvalue weighted by Crippen LogP contribution is -2.21. The number of benzene rings is 3. The first-order chi connectivity index (χ1) is 15.4. The van der Waals surface area contributed by atoms with Gasteiger partial charge in [0.05, 0.1) is 4.90 Å². The summed E-state index contributed by atoms with van der Waals surface area (Å²) in [6, 6.07) is 18.2. The number of aryl methyl sites for hydroxylation is 1. The van der Waals surface area contributed by atoms with Crippen molar-refractivity contribution in [2.24, 2.45) is 0 Å². The van der Waals surface area contributed by atoms with Crippen molar-refractivity contribution in [3.8, 4) is 17.2 Å². The van der Waals surface area contributed by atoms with Crippen LogP contribution < -0.4 is 24.2 Å². The van der Waals surface area contributed by atoms with Gasteiger partial charge >= 0.3 is 0 Å². The van der Waals surface area contributed by atoms with E-state index in [-0.39, 0.29) is 17.4 Å². The Morgan fingerprint density at radius 2 is 1.69 bits per heavy atom. The number of para-hydroxylation sites is 1. The van der Waals surface area contributed by atoms with E-state index < -0.39 is 10.0 Å². The smallest absolute Gasteiger partial charge is 0.262 e. The molecule has 2 N–H and O–H groups in total. The van der Waals surface area contributed by atoms with Gasteiger partial charge in [0.15, 0.2) is 18.1 Å². The lowest BCUT2D eigenvalue weighted by Gasteiger charge is -2.19. The minimum absolute atomic E-state index is 0.104. The fraction of sp³-hybridized carbons (Fsp3) is 0.174. The van der Waals surface area contributed by atoms with E-state index >= 15 is 0 Å². The number of rotatable bonds is 7. The van der Waals surface area contributed by atoms with Crippen LogP contribution in [-0.2, 0) is 14.8 Å². The fourth-order valence-electron chi connectivity index (χ4n) is 3.13. The maximum absolute atomic E-state index is 12.6. The minimum Gasteiger partial charge on any atom is -0.486 e. The third kappa shape index (κ3) is 5.12. The summed E-state index contributed by atoms with van der Waals surface area (Å²) in [6.45, 7) is 2.44. The molecule has 8 nitrogen and oxygen atoms in total. The largest absolute Gasteiger partial charge is 0.486 e. The second kappa shape index (κ2) is 9.19. The van der Waals surface area contributed by atoms with E-state index in [9.17, 15) is 13.2 Å². The Kier molecular flexibility index (Phi) is 6.18.